The second-order valence-corrected chi connectivity index (χ2v) is 5.25. The van der Waals surface area contributed by atoms with E-state index < -0.39 is 0 Å². The fourth-order valence-corrected chi connectivity index (χ4v) is 2.31. The van der Waals surface area contributed by atoms with Crippen molar-refractivity contribution in [1.82, 2.24) is 5.32 Å². The Balaban J connectivity index is 2.48. The molecule has 0 saturated heterocycles. The normalized spacial score (nSPS) is 12.6. The molecule has 1 N–H and O–H groups in total. The largest absolute Gasteiger partial charge is 0.314 e. The van der Waals surface area contributed by atoms with Crippen molar-refractivity contribution in [2.75, 3.05) is 18.6 Å². The highest BCUT2D eigenvalue weighted by Crippen LogP contribution is 2.10. The maximum atomic E-state index is 12.8. The number of nitrogens with one attached hydrogen (secondary N) is 1. The molecule has 3 heteroatoms. The van der Waals surface area contributed by atoms with Crippen LogP contribution in [0.15, 0.2) is 24.3 Å². The van der Waals surface area contributed by atoms with Crippen LogP contribution in [0.1, 0.15) is 25.3 Å². The SMILES string of the molecule is CCCNC(CCSC)Cc1ccc(F)cc1. The Kier molecular flexibility index (Phi) is 7.29. The van der Waals surface area contributed by atoms with Gasteiger partial charge >= 0.3 is 0 Å². The number of hydrogen-bond donors (Lipinski definition) is 1. The van der Waals surface area contributed by atoms with Gasteiger partial charge in [-0.1, -0.05) is 19.1 Å². The van der Waals surface area contributed by atoms with E-state index in [0.717, 1.165) is 19.4 Å². The van der Waals surface area contributed by atoms with Crippen molar-refractivity contribution in [3.8, 4) is 0 Å². The second kappa shape index (κ2) is 8.54. The van der Waals surface area contributed by atoms with Gasteiger partial charge in [-0.3, -0.25) is 0 Å². The molecule has 0 aliphatic rings. The zero-order chi connectivity index (χ0) is 12.5. The van der Waals surface area contributed by atoms with E-state index in [1.807, 2.05) is 23.9 Å². The topological polar surface area (TPSA) is 12.0 Å². The van der Waals surface area contributed by atoms with E-state index in [1.54, 1.807) is 12.1 Å². The zero-order valence-corrected chi connectivity index (χ0v) is 11.5. The summed E-state index contributed by atoms with van der Waals surface area (Å²) in [7, 11) is 0. The van der Waals surface area contributed by atoms with E-state index in [1.165, 1.54) is 17.7 Å². The molecule has 0 bridgehead atoms. The Hall–Kier alpha value is -0.540. The van der Waals surface area contributed by atoms with Crippen LogP contribution < -0.4 is 5.32 Å². The molecule has 0 radical (unpaired) electrons. The molecule has 1 atom stereocenters. The molecule has 96 valence electrons. The molecule has 1 nitrogen and oxygen atoms in total. The minimum absolute atomic E-state index is 0.157. The van der Waals surface area contributed by atoms with Gasteiger partial charge < -0.3 is 5.32 Å². The summed E-state index contributed by atoms with van der Waals surface area (Å²) in [6, 6.07) is 7.36. The molecule has 0 aliphatic heterocycles. The Labute approximate surface area is 108 Å². The smallest absolute Gasteiger partial charge is 0.123 e. The molecule has 17 heavy (non-hydrogen) atoms. The van der Waals surface area contributed by atoms with Gasteiger partial charge in [0.15, 0.2) is 0 Å². The lowest BCUT2D eigenvalue weighted by atomic mass is 10.0. The number of rotatable bonds is 8. The maximum Gasteiger partial charge on any atom is 0.123 e. The van der Waals surface area contributed by atoms with Crippen LogP contribution in [0.3, 0.4) is 0 Å². The first kappa shape index (κ1) is 14.5. The van der Waals surface area contributed by atoms with E-state index in [0.29, 0.717) is 6.04 Å². The summed E-state index contributed by atoms with van der Waals surface area (Å²) in [5.41, 5.74) is 1.21. The van der Waals surface area contributed by atoms with Gasteiger partial charge in [-0.2, -0.15) is 11.8 Å². The number of thioether (sulfide) groups is 1. The van der Waals surface area contributed by atoms with Gasteiger partial charge in [0.25, 0.3) is 0 Å². The number of benzene rings is 1. The van der Waals surface area contributed by atoms with Crippen LogP contribution in [-0.2, 0) is 6.42 Å². The molecular weight excluding hydrogens is 233 g/mol. The van der Waals surface area contributed by atoms with E-state index in [4.69, 9.17) is 0 Å². The molecule has 0 aromatic heterocycles. The van der Waals surface area contributed by atoms with E-state index in [9.17, 15) is 4.39 Å². The lowest BCUT2D eigenvalue weighted by molar-refractivity contribution is 0.497. The molecule has 1 rings (SSSR count). The Bertz CT molecular complexity index is 292. The predicted octanol–water partition coefficient (Wildman–Crippen LogP) is 3.49. The fourth-order valence-electron chi connectivity index (χ4n) is 1.79. The number of hydrogen-bond acceptors (Lipinski definition) is 2. The van der Waals surface area contributed by atoms with Crippen molar-refractivity contribution in [2.45, 2.75) is 32.2 Å². The summed E-state index contributed by atoms with van der Waals surface area (Å²) in [6.07, 6.45) is 5.44. The minimum atomic E-state index is -0.157. The van der Waals surface area contributed by atoms with Gasteiger partial charge in [-0.15, -0.1) is 0 Å². The summed E-state index contributed by atoms with van der Waals surface area (Å²) in [5.74, 6) is 1.01. The van der Waals surface area contributed by atoms with Crippen molar-refractivity contribution < 1.29 is 4.39 Å². The Morgan fingerprint density at radius 1 is 1.29 bits per heavy atom. The van der Waals surface area contributed by atoms with E-state index in [-0.39, 0.29) is 5.82 Å². The third-order valence-electron chi connectivity index (χ3n) is 2.75. The third kappa shape index (κ3) is 6.08. The van der Waals surface area contributed by atoms with Crippen LogP contribution in [-0.4, -0.2) is 24.6 Å². The summed E-state index contributed by atoms with van der Waals surface area (Å²) >= 11 is 1.88. The van der Waals surface area contributed by atoms with Crippen LogP contribution in [0.25, 0.3) is 0 Å². The summed E-state index contributed by atoms with van der Waals surface area (Å²) in [4.78, 5) is 0. The molecule has 1 unspecified atom stereocenters. The van der Waals surface area contributed by atoms with Crippen molar-refractivity contribution in [1.29, 1.82) is 0 Å². The van der Waals surface area contributed by atoms with E-state index >= 15 is 0 Å². The zero-order valence-electron chi connectivity index (χ0n) is 10.7. The summed E-state index contributed by atoms with van der Waals surface area (Å²) < 4.78 is 12.8. The highest BCUT2D eigenvalue weighted by molar-refractivity contribution is 7.98. The van der Waals surface area contributed by atoms with Crippen molar-refractivity contribution in [3.63, 3.8) is 0 Å². The summed E-state index contributed by atoms with van der Waals surface area (Å²) in [6.45, 7) is 3.23. The van der Waals surface area contributed by atoms with Crippen LogP contribution in [0, 0.1) is 5.82 Å². The molecule has 0 saturated carbocycles. The molecule has 1 aromatic carbocycles. The van der Waals surface area contributed by atoms with Crippen LogP contribution in [0.4, 0.5) is 4.39 Å². The van der Waals surface area contributed by atoms with Crippen molar-refractivity contribution >= 4 is 11.8 Å². The average molecular weight is 255 g/mol. The molecule has 0 amide bonds. The first-order valence-electron chi connectivity index (χ1n) is 6.23. The molecule has 1 aromatic rings. The quantitative estimate of drug-likeness (QED) is 0.763. The summed E-state index contributed by atoms with van der Waals surface area (Å²) in [5, 5.41) is 3.56. The lowest BCUT2D eigenvalue weighted by Gasteiger charge is -2.18. The second-order valence-electron chi connectivity index (χ2n) is 4.26. The Morgan fingerprint density at radius 2 is 2.00 bits per heavy atom. The first-order valence-corrected chi connectivity index (χ1v) is 7.62. The average Bonchev–Trinajstić information content (AvgIpc) is 2.35. The van der Waals surface area contributed by atoms with Crippen LogP contribution in [0.5, 0.6) is 0 Å². The molecule has 0 spiro atoms. The standard InChI is InChI=1S/C14H22FNS/c1-3-9-16-14(8-10-17-2)11-12-4-6-13(15)7-5-12/h4-7,14,16H,3,8-11H2,1-2H3. The third-order valence-corrected chi connectivity index (χ3v) is 3.39. The lowest BCUT2D eigenvalue weighted by Crippen LogP contribution is -2.32. The minimum Gasteiger partial charge on any atom is -0.314 e. The van der Waals surface area contributed by atoms with E-state index in [2.05, 4.69) is 18.5 Å². The van der Waals surface area contributed by atoms with Gasteiger partial charge in [0.2, 0.25) is 0 Å². The predicted molar refractivity (Wildman–Crippen MR) is 75.2 cm³/mol. The van der Waals surface area contributed by atoms with Crippen LogP contribution >= 0.6 is 11.8 Å². The first-order chi connectivity index (χ1) is 8.26. The Morgan fingerprint density at radius 3 is 2.59 bits per heavy atom. The molecule has 0 heterocycles. The highest BCUT2D eigenvalue weighted by atomic mass is 32.2. The van der Waals surface area contributed by atoms with Gasteiger partial charge in [0.05, 0.1) is 0 Å². The van der Waals surface area contributed by atoms with Crippen molar-refractivity contribution in [3.05, 3.63) is 35.6 Å². The number of halogens is 1. The maximum absolute atomic E-state index is 12.8. The van der Waals surface area contributed by atoms with Gasteiger partial charge in [-0.25, -0.2) is 4.39 Å². The fraction of sp³-hybridized carbons (Fsp3) is 0.571. The van der Waals surface area contributed by atoms with Gasteiger partial charge in [0, 0.05) is 6.04 Å². The monoisotopic (exact) mass is 255 g/mol. The van der Waals surface area contributed by atoms with Crippen LogP contribution in [0.2, 0.25) is 0 Å². The van der Waals surface area contributed by atoms with Crippen molar-refractivity contribution in [2.24, 2.45) is 0 Å². The molecular formula is C14H22FNS. The molecule has 0 aliphatic carbocycles. The van der Waals surface area contributed by atoms with Gasteiger partial charge in [-0.05, 0) is 55.5 Å². The molecule has 0 fully saturated rings. The highest BCUT2D eigenvalue weighted by Gasteiger charge is 2.08. The van der Waals surface area contributed by atoms with Gasteiger partial charge in [0.1, 0.15) is 5.82 Å².